The highest BCUT2D eigenvalue weighted by molar-refractivity contribution is 7.86. The Balaban J connectivity index is 3.49. The van der Waals surface area contributed by atoms with Gasteiger partial charge in [-0.3, -0.25) is 4.18 Å². The third kappa shape index (κ3) is 4.72. The summed E-state index contributed by atoms with van der Waals surface area (Å²) < 4.78 is 30.3. The minimum Gasteiger partial charge on any atom is -0.382 e. The zero-order valence-corrected chi connectivity index (χ0v) is 6.98. The van der Waals surface area contributed by atoms with Crippen molar-refractivity contribution in [1.82, 2.24) is 0 Å². The molecule has 0 aliphatic carbocycles. The maximum atomic E-state index is 10.6. The van der Waals surface area contributed by atoms with Crippen LogP contribution in [0.1, 0.15) is 6.92 Å². The van der Waals surface area contributed by atoms with Crippen LogP contribution in [0.5, 0.6) is 0 Å². The van der Waals surface area contributed by atoms with Crippen molar-refractivity contribution in [2.75, 3.05) is 26.1 Å². The van der Waals surface area contributed by atoms with Crippen molar-refractivity contribution >= 4 is 10.1 Å². The highest BCUT2D eigenvalue weighted by Gasteiger charge is 2.05. The van der Waals surface area contributed by atoms with E-state index in [0.717, 1.165) is 0 Å². The molecule has 0 heterocycles. The van der Waals surface area contributed by atoms with E-state index in [1.165, 1.54) is 14.0 Å². The lowest BCUT2D eigenvalue weighted by Gasteiger charge is -2.00. The minimum absolute atomic E-state index is 0.0106. The van der Waals surface area contributed by atoms with Gasteiger partial charge in [0.15, 0.2) is 0 Å². The van der Waals surface area contributed by atoms with Gasteiger partial charge in [-0.05, 0) is 6.92 Å². The van der Waals surface area contributed by atoms with Crippen molar-refractivity contribution in [3.05, 3.63) is 0 Å². The van der Waals surface area contributed by atoms with Gasteiger partial charge in [0.1, 0.15) is 0 Å². The highest BCUT2D eigenvalue weighted by Crippen LogP contribution is 1.90. The second-order valence-electron chi connectivity index (χ2n) is 1.66. The summed E-state index contributed by atoms with van der Waals surface area (Å²) in [6, 6.07) is 0. The molecule has 0 aliphatic heterocycles. The summed E-state index contributed by atoms with van der Waals surface area (Å²) in [7, 11) is -1.78. The van der Waals surface area contributed by atoms with Crippen LogP contribution >= 0.6 is 0 Å². The molecule has 0 aromatic rings. The van der Waals surface area contributed by atoms with E-state index in [9.17, 15) is 8.42 Å². The van der Waals surface area contributed by atoms with E-state index >= 15 is 0 Å². The monoisotopic (exact) mass is 168 g/mol. The van der Waals surface area contributed by atoms with Crippen molar-refractivity contribution in [3.8, 4) is 0 Å². The van der Waals surface area contributed by atoms with Gasteiger partial charge in [0.05, 0.1) is 19.0 Å². The van der Waals surface area contributed by atoms with Crippen LogP contribution in [0.25, 0.3) is 0 Å². The zero-order valence-electron chi connectivity index (χ0n) is 6.16. The maximum absolute atomic E-state index is 10.6. The van der Waals surface area contributed by atoms with Gasteiger partial charge in [0.25, 0.3) is 10.1 Å². The van der Waals surface area contributed by atoms with Crippen LogP contribution < -0.4 is 0 Å². The highest BCUT2D eigenvalue weighted by atomic mass is 32.2. The summed E-state index contributed by atoms with van der Waals surface area (Å²) in [6.45, 7) is 1.94. The molecule has 0 fully saturated rings. The van der Waals surface area contributed by atoms with E-state index < -0.39 is 10.1 Å². The van der Waals surface area contributed by atoms with Crippen LogP contribution in [-0.2, 0) is 19.0 Å². The summed E-state index contributed by atoms with van der Waals surface area (Å²) >= 11 is 0. The number of rotatable bonds is 5. The van der Waals surface area contributed by atoms with Crippen LogP contribution in [0, 0.1) is 0 Å². The lowest BCUT2D eigenvalue weighted by atomic mass is 10.8. The maximum Gasteiger partial charge on any atom is 0.267 e. The summed E-state index contributed by atoms with van der Waals surface area (Å²) in [5, 5.41) is 0. The van der Waals surface area contributed by atoms with E-state index in [-0.39, 0.29) is 12.4 Å². The smallest absolute Gasteiger partial charge is 0.267 e. The van der Waals surface area contributed by atoms with Crippen molar-refractivity contribution in [2.45, 2.75) is 6.92 Å². The largest absolute Gasteiger partial charge is 0.382 e. The Morgan fingerprint density at radius 1 is 1.30 bits per heavy atom. The summed E-state index contributed by atoms with van der Waals surface area (Å²) in [4.78, 5) is 0. The Kier molecular flexibility index (Phi) is 4.59. The lowest BCUT2D eigenvalue weighted by Crippen LogP contribution is -2.11. The molecule has 0 aromatic heterocycles. The van der Waals surface area contributed by atoms with Gasteiger partial charge in [-0.2, -0.15) is 8.42 Å². The lowest BCUT2D eigenvalue weighted by molar-refractivity contribution is 0.149. The Morgan fingerprint density at radius 3 is 2.30 bits per heavy atom. The number of hydrogen-bond donors (Lipinski definition) is 0. The molecule has 0 N–H and O–H groups in total. The Hall–Kier alpha value is -0.130. The zero-order chi connectivity index (χ0) is 8.04. The van der Waals surface area contributed by atoms with Gasteiger partial charge >= 0.3 is 0 Å². The first kappa shape index (κ1) is 9.87. The molecular weight excluding hydrogens is 156 g/mol. The first-order valence-corrected chi connectivity index (χ1v) is 4.56. The molecule has 0 bridgehead atoms. The van der Waals surface area contributed by atoms with E-state index in [0.29, 0.717) is 6.61 Å². The Morgan fingerprint density at radius 2 is 1.90 bits per heavy atom. The SMILES string of the molecule is CCS(=O)(=O)OCCOC. The third-order valence-electron chi connectivity index (χ3n) is 0.904. The fourth-order valence-electron chi connectivity index (χ4n) is 0.328. The fourth-order valence-corrected chi connectivity index (χ4v) is 0.816. The van der Waals surface area contributed by atoms with E-state index in [2.05, 4.69) is 8.92 Å². The van der Waals surface area contributed by atoms with E-state index in [1.54, 1.807) is 0 Å². The molecule has 0 rings (SSSR count). The third-order valence-corrected chi connectivity index (χ3v) is 2.14. The van der Waals surface area contributed by atoms with Gasteiger partial charge in [0.2, 0.25) is 0 Å². The second kappa shape index (κ2) is 4.65. The van der Waals surface area contributed by atoms with Crippen molar-refractivity contribution in [3.63, 3.8) is 0 Å². The topological polar surface area (TPSA) is 52.6 Å². The number of hydrogen-bond acceptors (Lipinski definition) is 4. The Bertz CT molecular complexity index is 160. The molecule has 5 heteroatoms. The van der Waals surface area contributed by atoms with Crippen molar-refractivity contribution in [2.24, 2.45) is 0 Å². The fraction of sp³-hybridized carbons (Fsp3) is 1.00. The quantitative estimate of drug-likeness (QED) is 0.428. The predicted molar refractivity (Wildman–Crippen MR) is 37.3 cm³/mol. The minimum atomic E-state index is -3.27. The van der Waals surface area contributed by atoms with Gasteiger partial charge in [-0.1, -0.05) is 0 Å². The van der Waals surface area contributed by atoms with Crippen molar-refractivity contribution in [1.29, 1.82) is 0 Å². The molecule has 0 spiro atoms. The summed E-state index contributed by atoms with van der Waals surface area (Å²) in [5.41, 5.74) is 0. The van der Waals surface area contributed by atoms with Gasteiger partial charge in [-0.15, -0.1) is 0 Å². The van der Waals surface area contributed by atoms with Crippen LogP contribution in [0.15, 0.2) is 0 Å². The molecule has 0 aliphatic rings. The molecule has 0 atom stereocenters. The van der Waals surface area contributed by atoms with Crippen LogP contribution in [0.2, 0.25) is 0 Å². The molecule has 10 heavy (non-hydrogen) atoms. The van der Waals surface area contributed by atoms with Crippen LogP contribution in [0.4, 0.5) is 0 Å². The molecule has 0 unspecified atom stereocenters. The summed E-state index contributed by atoms with van der Waals surface area (Å²) in [5.74, 6) is 0.0106. The Labute approximate surface area is 61.3 Å². The van der Waals surface area contributed by atoms with Gasteiger partial charge in [0, 0.05) is 7.11 Å². The van der Waals surface area contributed by atoms with Crippen molar-refractivity contribution < 1.29 is 17.3 Å². The number of methoxy groups -OCH3 is 1. The molecule has 0 saturated carbocycles. The van der Waals surface area contributed by atoms with E-state index in [4.69, 9.17) is 0 Å². The van der Waals surface area contributed by atoms with Crippen LogP contribution in [0.3, 0.4) is 0 Å². The number of ether oxygens (including phenoxy) is 1. The molecule has 0 saturated heterocycles. The molecule has 0 aromatic carbocycles. The predicted octanol–water partition coefficient (Wildman–Crippen LogP) is -0.000900. The molecule has 0 radical (unpaired) electrons. The van der Waals surface area contributed by atoms with E-state index in [1.807, 2.05) is 0 Å². The average molecular weight is 168 g/mol. The first-order chi connectivity index (χ1) is 4.62. The molecule has 0 amide bonds. The molecule has 62 valence electrons. The standard InChI is InChI=1S/C5H12O4S/c1-3-10(6,7)9-5-4-8-2/h3-5H2,1-2H3. The van der Waals surface area contributed by atoms with Crippen LogP contribution in [-0.4, -0.2) is 34.5 Å². The molecular formula is C5H12O4S. The normalized spacial score (nSPS) is 11.8. The molecule has 4 nitrogen and oxygen atoms in total. The van der Waals surface area contributed by atoms with Gasteiger partial charge in [-0.25, -0.2) is 0 Å². The van der Waals surface area contributed by atoms with Gasteiger partial charge < -0.3 is 4.74 Å². The summed E-state index contributed by atoms with van der Waals surface area (Å²) in [6.07, 6.45) is 0. The first-order valence-electron chi connectivity index (χ1n) is 2.98. The average Bonchev–Trinajstić information content (AvgIpc) is 1.89. The second-order valence-corrected chi connectivity index (χ2v) is 3.59.